The van der Waals surface area contributed by atoms with Gasteiger partial charge in [-0.05, 0) is 61.4 Å². The standard InChI is InChI=1S/C25H24N4O4/c1-16-6-4-7-17(2)23(16)32-15-20-10-11-22(33-20)25(31)27-19-9-5-8-18(14-19)26-24(30)21-12-13-29(3)28-21/h4-14H,15H2,1-3H3,(H,26,30)(H,27,31). The molecule has 0 spiro atoms. The number of nitrogens with one attached hydrogen (secondary N) is 2. The molecule has 0 unspecified atom stereocenters. The topological polar surface area (TPSA) is 98.4 Å². The Kier molecular flexibility index (Phi) is 6.26. The fraction of sp³-hybridized carbons (Fsp3) is 0.160. The third-order valence-corrected chi connectivity index (χ3v) is 4.98. The number of aromatic nitrogens is 2. The van der Waals surface area contributed by atoms with Crippen molar-refractivity contribution in [2.45, 2.75) is 20.5 Å². The molecule has 4 aromatic rings. The molecule has 2 amide bonds. The van der Waals surface area contributed by atoms with Gasteiger partial charge in [-0.3, -0.25) is 14.3 Å². The minimum atomic E-state index is -0.401. The van der Waals surface area contributed by atoms with Gasteiger partial charge >= 0.3 is 0 Å². The highest BCUT2D eigenvalue weighted by Gasteiger charge is 2.14. The normalized spacial score (nSPS) is 10.6. The van der Waals surface area contributed by atoms with Crippen LogP contribution in [-0.2, 0) is 13.7 Å². The molecule has 2 aromatic heterocycles. The zero-order valence-electron chi connectivity index (χ0n) is 18.6. The van der Waals surface area contributed by atoms with E-state index in [4.69, 9.17) is 9.15 Å². The molecule has 33 heavy (non-hydrogen) atoms. The minimum Gasteiger partial charge on any atom is -0.485 e. The Balaban J connectivity index is 1.37. The number of hydrogen-bond acceptors (Lipinski definition) is 5. The maximum absolute atomic E-state index is 12.6. The van der Waals surface area contributed by atoms with Crippen LogP contribution in [0.4, 0.5) is 11.4 Å². The predicted octanol–water partition coefficient (Wildman–Crippen LogP) is 4.71. The Morgan fingerprint density at radius 1 is 0.939 bits per heavy atom. The summed E-state index contributed by atoms with van der Waals surface area (Å²) in [5, 5.41) is 9.62. The van der Waals surface area contributed by atoms with Gasteiger partial charge in [0.15, 0.2) is 11.5 Å². The number of anilines is 2. The number of amides is 2. The summed E-state index contributed by atoms with van der Waals surface area (Å²) in [5.74, 6) is 0.779. The van der Waals surface area contributed by atoms with Gasteiger partial charge in [-0.1, -0.05) is 24.3 Å². The first-order valence-corrected chi connectivity index (χ1v) is 10.4. The van der Waals surface area contributed by atoms with E-state index < -0.39 is 5.91 Å². The van der Waals surface area contributed by atoms with Gasteiger partial charge in [-0.15, -0.1) is 0 Å². The Bertz CT molecular complexity index is 1280. The van der Waals surface area contributed by atoms with Crippen molar-refractivity contribution in [2.75, 3.05) is 10.6 Å². The average Bonchev–Trinajstić information content (AvgIpc) is 3.43. The largest absolute Gasteiger partial charge is 0.485 e. The summed E-state index contributed by atoms with van der Waals surface area (Å²) in [7, 11) is 1.74. The van der Waals surface area contributed by atoms with Crippen molar-refractivity contribution < 1.29 is 18.7 Å². The number of carbonyl (C=O) groups excluding carboxylic acids is 2. The molecule has 0 aliphatic rings. The summed E-state index contributed by atoms with van der Waals surface area (Å²) >= 11 is 0. The quantitative estimate of drug-likeness (QED) is 0.430. The number of carbonyl (C=O) groups is 2. The molecule has 8 nitrogen and oxygen atoms in total. The first-order valence-electron chi connectivity index (χ1n) is 10.4. The highest BCUT2D eigenvalue weighted by atomic mass is 16.5. The van der Waals surface area contributed by atoms with Gasteiger partial charge in [0.2, 0.25) is 0 Å². The number of nitrogens with zero attached hydrogens (tertiary/aromatic N) is 2. The Morgan fingerprint density at radius 2 is 1.61 bits per heavy atom. The highest BCUT2D eigenvalue weighted by molar-refractivity contribution is 6.04. The fourth-order valence-electron chi connectivity index (χ4n) is 3.35. The molecule has 4 rings (SSSR count). The van der Waals surface area contributed by atoms with Gasteiger partial charge in [0.25, 0.3) is 11.8 Å². The Hall–Kier alpha value is -4.33. The summed E-state index contributed by atoms with van der Waals surface area (Å²) in [6, 6.07) is 17.7. The second-order valence-corrected chi connectivity index (χ2v) is 7.64. The van der Waals surface area contributed by atoms with Crippen LogP contribution in [0.15, 0.2) is 71.3 Å². The van der Waals surface area contributed by atoms with E-state index in [2.05, 4.69) is 15.7 Å². The Labute approximate surface area is 191 Å². The molecule has 8 heteroatoms. The second kappa shape index (κ2) is 9.44. The number of furan rings is 1. The van der Waals surface area contributed by atoms with Crippen molar-refractivity contribution in [2.24, 2.45) is 7.05 Å². The van der Waals surface area contributed by atoms with Crippen molar-refractivity contribution in [1.29, 1.82) is 0 Å². The number of hydrogen-bond donors (Lipinski definition) is 2. The third kappa shape index (κ3) is 5.30. The predicted molar refractivity (Wildman–Crippen MR) is 125 cm³/mol. The van der Waals surface area contributed by atoms with Crippen LogP contribution >= 0.6 is 0 Å². The lowest BCUT2D eigenvalue weighted by molar-refractivity contribution is 0.0991. The average molecular weight is 444 g/mol. The number of ether oxygens (including phenoxy) is 1. The monoisotopic (exact) mass is 444 g/mol. The molecule has 2 heterocycles. The minimum absolute atomic E-state index is 0.165. The van der Waals surface area contributed by atoms with Crippen LogP contribution in [0, 0.1) is 13.8 Å². The molecule has 0 aliphatic heterocycles. The fourth-order valence-corrected chi connectivity index (χ4v) is 3.35. The van der Waals surface area contributed by atoms with Crippen molar-refractivity contribution in [1.82, 2.24) is 9.78 Å². The maximum atomic E-state index is 12.6. The first kappa shape index (κ1) is 21.9. The summed E-state index contributed by atoms with van der Waals surface area (Å²) in [6.07, 6.45) is 1.69. The van der Waals surface area contributed by atoms with Crippen LogP contribution in [-0.4, -0.2) is 21.6 Å². The molecule has 0 atom stereocenters. The van der Waals surface area contributed by atoms with E-state index in [1.54, 1.807) is 60.4 Å². The van der Waals surface area contributed by atoms with Crippen molar-refractivity contribution in [3.8, 4) is 5.75 Å². The van der Waals surface area contributed by atoms with Crippen LogP contribution in [0.1, 0.15) is 37.9 Å². The van der Waals surface area contributed by atoms with E-state index in [-0.39, 0.29) is 18.3 Å². The number of para-hydroxylation sites is 1. The van der Waals surface area contributed by atoms with Gasteiger partial charge in [0.05, 0.1) is 0 Å². The second-order valence-electron chi connectivity index (χ2n) is 7.64. The van der Waals surface area contributed by atoms with Crippen LogP contribution in [0.5, 0.6) is 5.75 Å². The van der Waals surface area contributed by atoms with E-state index in [1.165, 1.54) is 0 Å². The number of rotatable bonds is 7. The molecular formula is C25H24N4O4. The van der Waals surface area contributed by atoms with Crippen molar-refractivity contribution in [3.05, 3.63) is 95.2 Å². The van der Waals surface area contributed by atoms with Gasteiger partial charge in [0, 0.05) is 24.6 Å². The highest BCUT2D eigenvalue weighted by Crippen LogP contribution is 2.24. The Morgan fingerprint density at radius 3 is 2.27 bits per heavy atom. The third-order valence-electron chi connectivity index (χ3n) is 4.98. The molecule has 2 aromatic carbocycles. The lowest BCUT2D eigenvalue weighted by Gasteiger charge is -2.10. The molecule has 0 bridgehead atoms. The van der Waals surface area contributed by atoms with Crippen LogP contribution < -0.4 is 15.4 Å². The molecule has 168 valence electrons. The molecule has 0 fully saturated rings. The van der Waals surface area contributed by atoms with Gasteiger partial charge < -0.3 is 19.8 Å². The number of benzene rings is 2. The lowest BCUT2D eigenvalue weighted by atomic mass is 10.1. The van der Waals surface area contributed by atoms with Crippen molar-refractivity contribution >= 4 is 23.2 Å². The zero-order chi connectivity index (χ0) is 23.4. The van der Waals surface area contributed by atoms with E-state index >= 15 is 0 Å². The van der Waals surface area contributed by atoms with Gasteiger partial charge in [0.1, 0.15) is 18.1 Å². The number of aryl methyl sites for hydroxylation is 3. The lowest BCUT2D eigenvalue weighted by Crippen LogP contribution is -2.14. The molecule has 0 radical (unpaired) electrons. The molecule has 2 N–H and O–H groups in total. The smallest absolute Gasteiger partial charge is 0.291 e. The summed E-state index contributed by atoms with van der Waals surface area (Å²) < 4.78 is 13.1. The molecule has 0 saturated carbocycles. The molecular weight excluding hydrogens is 420 g/mol. The van der Waals surface area contributed by atoms with E-state index in [0.717, 1.165) is 16.9 Å². The van der Waals surface area contributed by atoms with Gasteiger partial charge in [-0.2, -0.15) is 5.10 Å². The summed E-state index contributed by atoms with van der Waals surface area (Å²) in [5.41, 5.74) is 3.43. The summed E-state index contributed by atoms with van der Waals surface area (Å²) in [6.45, 7) is 4.18. The first-order chi connectivity index (χ1) is 15.9. The van der Waals surface area contributed by atoms with Crippen LogP contribution in [0.25, 0.3) is 0 Å². The van der Waals surface area contributed by atoms with Gasteiger partial charge in [-0.25, -0.2) is 0 Å². The van der Waals surface area contributed by atoms with Crippen LogP contribution in [0.3, 0.4) is 0 Å². The van der Waals surface area contributed by atoms with Crippen LogP contribution in [0.2, 0.25) is 0 Å². The van der Waals surface area contributed by atoms with E-state index in [1.807, 2.05) is 32.0 Å². The van der Waals surface area contributed by atoms with E-state index in [9.17, 15) is 9.59 Å². The summed E-state index contributed by atoms with van der Waals surface area (Å²) in [4.78, 5) is 24.9. The van der Waals surface area contributed by atoms with E-state index in [0.29, 0.717) is 22.8 Å². The van der Waals surface area contributed by atoms with Crippen molar-refractivity contribution in [3.63, 3.8) is 0 Å². The molecule has 0 aliphatic carbocycles. The SMILES string of the molecule is Cc1cccc(C)c1OCc1ccc(C(=O)Nc2cccc(NC(=O)c3ccn(C)n3)c2)o1. The zero-order valence-corrected chi connectivity index (χ0v) is 18.6. The maximum Gasteiger partial charge on any atom is 0.291 e. The molecule has 0 saturated heterocycles.